The van der Waals surface area contributed by atoms with E-state index in [-0.39, 0.29) is 23.7 Å². The fourth-order valence-corrected chi connectivity index (χ4v) is 8.56. The lowest BCUT2D eigenvalue weighted by Crippen LogP contribution is -2.11. The van der Waals surface area contributed by atoms with Crippen LogP contribution in [0, 0.1) is 0 Å². The van der Waals surface area contributed by atoms with Gasteiger partial charge in [-0.2, -0.15) is 0 Å². The van der Waals surface area contributed by atoms with Gasteiger partial charge in [-0.25, -0.2) is 0 Å². The topological polar surface area (TPSA) is 80.9 Å². The molecule has 0 unspecified atom stereocenters. The first-order valence-electron chi connectivity index (χ1n) is 29.8. The largest absolute Gasteiger partial charge is 0.400 e. The molecule has 1 aliphatic rings. The lowest BCUT2D eigenvalue weighted by Gasteiger charge is -2.27. The molecule has 0 atom stereocenters. The van der Waals surface area contributed by atoms with E-state index in [1.165, 1.54) is 92.4 Å². The Morgan fingerprint density at radius 1 is 0.188 bits per heavy atom. The Bertz CT molecular complexity index is 2070. The second-order valence-corrected chi connectivity index (χ2v) is 16.9. The molecule has 4 N–H and O–H groups in total. The Balaban J connectivity index is -0.000000893. The summed E-state index contributed by atoms with van der Waals surface area (Å²) in [7, 11) is 4.00. The van der Waals surface area contributed by atoms with Crippen LogP contribution in [-0.2, 0) is 0 Å². The molecule has 8 aromatic carbocycles. The van der Waals surface area contributed by atoms with Gasteiger partial charge in [-0.05, 0) is 66.8 Å². The minimum Gasteiger partial charge on any atom is -0.400 e. The second-order valence-electron chi connectivity index (χ2n) is 16.9. The monoisotopic (exact) mass is 1090 g/mol. The Labute approximate surface area is 491 Å². The van der Waals surface area contributed by atoms with Crippen LogP contribution in [0.1, 0.15) is 227 Å². The summed E-state index contributed by atoms with van der Waals surface area (Å²) in [5, 5.41) is 28.0. The molecular weight excluding hydrogens is 977 g/mol. The number of hydrogen-bond donors (Lipinski definition) is 4. The zero-order chi connectivity index (χ0) is 61.5. The predicted molar refractivity (Wildman–Crippen MR) is 357 cm³/mol. The van der Waals surface area contributed by atoms with Crippen LogP contribution in [0.15, 0.2) is 218 Å². The van der Waals surface area contributed by atoms with E-state index in [0.717, 1.165) is 28.4 Å². The fourth-order valence-electron chi connectivity index (χ4n) is 8.56. The van der Waals surface area contributed by atoms with Crippen molar-refractivity contribution in [3.8, 4) is 0 Å². The molecule has 0 radical (unpaired) electrons. The maximum atomic E-state index is 7.00. The predicted octanol–water partition coefficient (Wildman–Crippen LogP) is 20.9. The lowest BCUT2D eigenvalue weighted by atomic mass is 9.76. The van der Waals surface area contributed by atoms with Gasteiger partial charge in [-0.1, -0.05) is 355 Å². The average Bonchev–Trinajstić information content (AvgIpc) is 3.56. The van der Waals surface area contributed by atoms with Gasteiger partial charge in [0.05, 0.1) is 0 Å². The fraction of sp³-hybridized carbons (Fsp3) is 0.368. The summed E-state index contributed by atoms with van der Waals surface area (Å²) in [6.45, 7) is 33.0. The van der Waals surface area contributed by atoms with Crippen LogP contribution < -0.4 is 0 Å². The van der Waals surface area contributed by atoms with Gasteiger partial charge in [0.2, 0.25) is 0 Å². The molecule has 8 aromatic rings. The Morgan fingerprint density at radius 2 is 0.287 bits per heavy atom. The van der Waals surface area contributed by atoms with Crippen molar-refractivity contribution in [3.05, 3.63) is 285 Å². The lowest BCUT2D eigenvalue weighted by molar-refractivity contribution is 0.399. The third kappa shape index (κ3) is 27.7. The molecule has 8 bridgehead atoms. The van der Waals surface area contributed by atoms with Crippen molar-refractivity contribution in [2.75, 3.05) is 28.4 Å². The number of benzene rings is 8. The van der Waals surface area contributed by atoms with Crippen LogP contribution in [0.2, 0.25) is 0 Å². The van der Waals surface area contributed by atoms with Gasteiger partial charge >= 0.3 is 0 Å². The van der Waals surface area contributed by atoms with Crippen LogP contribution in [0.4, 0.5) is 0 Å². The van der Waals surface area contributed by atoms with Crippen molar-refractivity contribution >= 4 is 0 Å². The molecule has 80 heavy (non-hydrogen) atoms. The van der Waals surface area contributed by atoms with Crippen molar-refractivity contribution in [2.45, 2.75) is 160 Å². The zero-order valence-corrected chi connectivity index (χ0v) is 53.7. The van der Waals surface area contributed by atoms with E-state index in [2.05, 4.69) is 274 Å². The number of hydrogen-bond acceptors (Lipinski definition) is 4. The van der Waals surface area contributed by atoms with Crippen LogP contribution in [0.3, 0.4) is 0 Å². The van der Waals surface area contributed by atoms with E-state index in [4.69, 9.17) is 20.4 Å². The molecule has 0 aliphatic heterocycles. The quantitative estimate of drug-likeness (QED) is 0.142. The first-order chi connectivity index (χ1) is 39.5. The molecule has 440 valence electrons. The second kappa shape index (κ2) is 55.9. The third-order valence-electron chi connectivity index (χ3n) is 10.8. The van der Waals surface area contributed by atoms with Gasteiger partial charge in [0.1, 0.15) is 0 Å². The number of aliphatic hydroxyl groups is 4. The average molecular weight is 1090 g/mol. The Morgan fingerprint density at radius 3 is 0.400 bits per heavy atom. The van der Waals surface area contributed by atoms with E-state index in [0.29, 0.717) is 0 Å². The van der Waals surface area contributed by atoms with E-state index in [1.807, 2.05) is 55.4 Å². The highest BCUT2D eigenvalue weighted by Crippen LogP contribution is 2.42. The number of rotatable bonds is 4. The van der Waals surface area contributed by atoms with Gasteiger partial charge < -0.3 is 20.4 Å². The van der Waals surface area contributed by atoms with Crippen molar-refractivity contribution in [3.63, 3.8) is 0 Å². The van der Waals surface area contributed by atoms with Crippen LogP contribution in [0.25, 0.3) is 0 Å². The minimum absolute atomic E-state index is 0.0713. The Kier molecular flexibility index (Phi) is 56.0. The van der Waals surface area contributed by atoms with E-state index < -0.39 is 0 Å². The van der Waals surface area contributed by atoms with Gasteiger partial charge in [0.25, 0.3) is 0 Å². The van der Waals surface area contributed by atoms with Crippen LogP contribution in [0.5, 0.6) is 0 Å². The smallest absolute Gasteiger partial charge is 0.0340 e. The van der Waals surface area contributed by atoms with Crippen LogP contribution >= 0.6 is 0 Å². The molecule has 9 rings (SSSR count). The first-order valence-corrected chi connectivity index (χ1v) is 29.8. The third-order valence-corrected chi connectivity index (χ3v) is 10.8. The summed E-state index contributed by atoms with van der Waals surface area (Å²) in [5.74, 6) is 0.285. The summed E-state index contributed by atoms with van der Waals surface area (Å²) in [5.41, 5.74) is 15.5. The molecule has 0 aromatic heterocycles. The molecule has 0 amide bonds. The van der Waals surface area contributed by atoms with Crippen molar-refractivity contribution in [2.24, 2.45) is 0 Å². The number of aliphatic hydroxyl groups excluding tert-OH is 4. The van der Waals surface area contributed by atoms with Crippen molar-refractivity contribution in [1.82, 2.24) is 0 Å². The summed E-state index contributed by atoms with van der Waals surface area (Å²) in [6.07, 6.45) is 5.00. The summed E-state index contributed by atoms with van der Waals surface area (Å²) in [6, 6.07) is 81.5. The molecule has 0 fully saturated rings. The molecule has 0 saturated carbocycles. The molecule has 4 nitrogen and oxygen atoms in total. The van der Waals surface area contributed by atoms with E-state index >= 15 is 0 Å². The minimum atomic E-state index is 0.0713. The maximum absolute atomic E-state index is 7.00. The zero-order valence-electron chi connectivity index (χ0n) is 53.7. The first kappa shape index (κ1) is 80.1. The van der Waals surface area contributed by atoms with Gasteiger partial charge in [0.15, 0.2) is 0 Å². The molecule has 0 saturated heterocycles. The number of fused-ring (bicyclic) bond motifs is 8. The highest BCUT2D eigenvalue weighted by molar-refractivity contribution is 5.55. The summed E-state index contributed by atoms with van der Waals surface area (Å²) in [4.78, 5) is 0. The van der Waals surface area contributed by atoms with Gasteiger partial charge in [-0.15, -0.1) is 0 Å². The van der Waals surface area contributed by atoms with Crippen molar-refractivity contribution in [1.29, 1.82) is 0 Å². The Hall–Kier alpha value is -6.40. The standard InChI is InChI=1S/C52H40.4C3H8.4C2H6.4CH4O/c1-5-17-37(18-6-1)49-41-25-13-27-43(33-41)50(38-19-7-2-8-20-38)45-29-15-31-47(35-45)52(40-23-11-4-12-24-40)48-32-16-30-46(36-48)51(39-21-9-3-10-22-39)44-28-14-26-42(49)34-44;4*1-3-2;8*1-2/h1-36,49-52H;4*3H2,1-2H3;4*1-2H3;4*2H,1H3. The highest BCUT2D eigenvalue weighted by atomic mass is 16.2. The normalized spacial score (nSPS) is 13.2. The van der Waals surface area contributed by atoms with Gasteiger partial charge in [-0.3, -0.25) is 0 Å². The highest BCUT2D eigenvalue weighted by Gasteiger charge is 2.26. The molecule has 0 spiro atoms. The molecular formula is C76H112O4. The van der Waals surface area contributed by atoms with Crippen molar-refractivity contribution < 1.29 is 20.4 Å². The van der Waals surface area contributed by atoms with E-state index in [9.17, 15) is 0 Å². The molecule has 1 aliphatic carbocycles. The van der Waals surface area contributed by atoms with Gasteiger partial charge in [0, 0.05) is 52.1 Å². The SMILES string of the molecule is CC.CC.CC.CC.CCC.CCC.CCC.CCC.CO.CO.CO.CO.c1ccc(C2c3cccc(c3)C(c3ccccc3)c3cccc(c3)C(c3ccccc3)c3cccc(c3)C(c3ccccc3)c3cccc2c3)cc1. The summed E-state index contributed by atoms with van der Waals surface area (Å²) < 4.78 is 0. The molecule has 4 heteroatoms. The summed E-state index contributed by atoms with van der Waals surface area (Å²) >= 11 is 0. The maximum Gasteiger partial charge on any atom is 0.0340 e. The van der Waals surface area contributed by atoms with E-state index in [1.54, 1.807) is 0 Å². The van der Waals surface area contributed by atoms with Crippen LogP contribution in [-0.4, -0.2) is 48.9 Å². The molecule has 0 heterocycles.